The SMILES string of the molecule is Clc1ccccc1Nc1nccc(Nc2ccc(N3CCCCC3)cc2)n1. The minimum Gasteiger partial charge on any atom is -0.372 e. The number of hydrogen-bond donors (Lipinski definition) is 2. The van der Waals surface area contributed by atoms with E-state index >= 15 is 0 Å². The van der Waals surface area contributed by atoms with Crippen molar-refractivity contribution in [3.05, 3.63) is 65.8 Å². The monoisotopic (exact) mass is 379 g/mol. The Morgan fingerprint density at radius 2 is 1.63 bits per heavy atom. The van der Waals surface area contributed by atoms with Crippen LogP contribution >= 0.6 is 11.6 Å². The van der Waals surface area contributed by atoms with Crippen molar-refractivity contribution in [1.29, 1.82) is 0 Å². The van der Waals surface area contributed by atoms with Gasteiger partial charge in [-0.3, -0.25) is 0 Å². The van der Waals surface area contributed by atoms with Crippen LogP contribution in [0.25, 0.3) is 0 Å². The van der Waals surface area contributed by atoms with Crippen molar-refractivity contribution in [1.82, 2.24) is 9.97 Å². The van der Waals surface area contributed by atoms with Crippen LogP contribution in [0.1, 0.15) is 19.3 Å². The van der Waals surface area contributed by atoms with Crippen molar-refractivity contribution in [2.75, 3.05) is 28.6 Å². The van der Waals surface area contributed by atoms with Gasteiger partial charge in [-0.05, 0) is 61.7 Å². The number of anilines is 5. The van der Waals surface area contributed by atoms with E-state index < -0.39 is 0 Å². The molecule has 0 spiro atoms. The van der Waals surface area contributed by atoms with Crippen molar-refractivity contribution in [3.8, 4) is 0 Å². The highest BCUT2D eigenvalue weighted by atomic mass is 35.5. The van der Waals surface area contributed by atoms with E-state index in [2.05, 4.69) is 49.8 Å². The summed E-state index contributed by atoms with van der Waals surface area (Å²) in [5, 5.41) is 7.11. The van der Waals surface area contributed by atoms with Crippen LogP contribution in [0.15, 0.2) is 60.8 Å². The summed E-state index contributed by atoms with van der Waals surface area (Å²) >= 11 is 6.18. The Bertz CT molecular complexity index is 891. The zero-order valence-electron chi connectivity index (χ0n) is 15.0. The van der Waals surface area contributed by atoms with Gasteiger partial charge in [-0.25, -0.2) is 4.98 Å². The Kier molecular flexibility index (Phi) is 5.39. The zero-order chi connectivity index (χ0) is 18.5. The molecule has 0 unspecified atom stereocenters. The van der Waals surface area contributed by atoms with Crippen molar-refractivity contribution in [3.63, 3.8) is 0 Å². The number of benzene rings is 2. The van der Waals surface area contributed by atoms with Crippen molar-refractivity contribution in [2.45, 2.75) is 19.3 Å². The highest BCUT2D eigenvalue weighted by molar-refractivity contribution is 6.33. The number of halogens is 1. The fourth-order valence-corrected chi connectivity index (χ4v) is 3.41. The Balaban J connectivity index is 1.44. The first-order valence-corrected chi connectivity index (χ1v) is 9.62. The van der Waals surface area contributed by atoms with Crippen molar-refractivity contribution < 1.29 is 0 Å². The first-order chi connectivity index (χ1) is 13.3. The van der Waals surface area contributed by atoms with E-state index in [1.54, 1.807) is 6.20 Å². The third kappa shape index (κ3) is 4.49. The molecule has 1 fully saturated rings. The normalized spacial score (nSPS) is 14.0. The van der Waals surface area contributed by atoms with E-state index in [0.717, 1.165) is 30.3 Å². The molecule has 2 heterocycles. The van der Waals surface area contributed by atoms with Gasteiger partial charge >= 0.3 is 0 Å². The van der Waals surface area contributed by atoms with Crippen molar-refractivity contribution >= 4 is 40.4 Å². The third-order valence-electron chi connectivity index (χ3n) is 4.64. The van der Waals surface area contributed by atoms with E-state index in [-0.39, 0.29) is 0 Å². The summed E-state index contributed by atoms with van der Waals surface area (Å²) in [5.41, 5.74) is 3.06. The van der Waals surface area contributed by atoms with Crippen LogP contribution < -0.4 is 15.5 Å². The van der Waals surface area contributed by atoms with E-state index in [1.807, 2.05) is 30.3 Å². The molecule has 1 aliphatic heterocycles. The number of nitrogens with zero attached hydrogens (tertiary/aromatic N) is 3. The van der Waals surface area contributed by atoms with Gasteiger partial charge in [0.05, 0.1) is 10.7 Å². The molecule has 2 aromatic carbocycles. The van der Waals surface area contributed by atoms with Gasteiger partial charge in [0.15, 0.2) is 0 Å². The minimum atomic E-state index is 0.498. The van der Waals surface area contributed by atoms with Crippen LogP contribution in [0.5, 0.6) is 0 Å². The minimum absolute atomic E-state index is 0.498. The molecule has 1 saturated heterocycles. The lowest BCUT2D eigenvalue weighted by atomic mass is 10.1. The second-order valence-electron chi connectivity index (χ2n) is 6.59. The van der Waals surface area contributed by atoms with Gasteiger partial charge < -0.3 is 15.5 Å². The molecule has 0 amide bonds. The summed E-state index contributed by atoms with van der Waals surface area (Å²) < 4.78 is 0. The second kappa shape index (κ2) is 8.27. The molecule has 27 heavy (non-hydrogen) atoms. The summed E-state index contributed by atoms with van der Waals surface area (Å²) in [4.78, 5) is 11.2. The Hall–Kier alpha value is -2.79. The molecule has 0 saturated carbocycles. The number of rotatable bonds is 5. The largest absolute Gasteiger partial charge is 0.372 e. The topological polar surface area (TPSA) is 53.1 Å². The average molecular weight is 380 g/mol. The Labute approximate surface area is 164 Å². The molecule has 5 nitrogen and oxygen atoms in total. The molecule has 3 aromatic rings. The zero-order valence-corrected chi connectivity index (χ0v) is 15.8. The summed E-state index contributed by atoms with van der Waals surface area (Å²) in [6.07, 6.45) is 5.62. The number of hydrogen-bond acceptors (Lipinski definition) is 5. The summed E-state index contributed by atoms with van der Waals surface area (Å²) in [6.45, 7) is 2.30. The molecule has 1 aromatic heterocycles. The molecule has 0 bridgehead atoms. The Morgan fingerprint density at radius 1 is 0.852 bits per heavy atom. The highest BCUT2D eigenvalue weighted by Crippen LogP contribution is 2.25. The predicted molar refractivity (Wildman–Crippen MR) is 113 cm³/mol. The molecule has 2 N–H and O–H groups in total. The van der Waals surface area contributed by atoms with Gasteiger partial charge in [-0.15, -0.1) is 0 Å². The number of aromatic nitrogens is 2. The standard InChI is InChI=1S/C21H22ClN5/c22-18-6-2-3-7-19(18)25-21-23-13-12-20(26-21)24-16-8-10-17(11-9-16)27-14-4-1-5-15-27/h2-3,6-13H,1,4-5,14-15H2,(H2,23,24,25,26). The van der Waals surface area contributed by atoms with Crippen LogP contribution in [-0.4, -0.2) is 23.1 Å². The number of nitrogens with one attached hydrogen (secondary N) is 2. The van der Waals surface area contributed by atoms with Gasteiger partial charge in [-0.2, -0.15) is 4.98 Å². The maximum Gasteiger partial charge on any atom is 0.229 e. The highest BCUT2D eigenvalue weighted by Gasteiger charge is 2.10. The molecule has 1 aliphatic rings. The smallest absolute Gasteiger partial charge is 0.229 e. The third-order valence-corrected chi connectivity index (χ3v) is 4.97. The van der Waals surface area contributed by atoms with Gasteiger partial charge in [0.25, 0.3) is 0 Å². The Morgan fingerprint density at radius 3 is 2.41 bits per heavy atom. The van der Waals surface area contributed by atoms with Gasteiger partial charge in [-0.1, -0.05) is 23.7 Å². The second-order valence-corrected chi connectivity index (χ2v) is 7.00. The van der Waals surface area contributed by atoms with Crippen molar-refractivity contribution in [2.24, 2.45) is 0 Å². The molecule has 0 aliphatic carbocycles. The lowest BCUT2D eigenvalue weighted by Gasteiger charge is -2.28. The molecule has 4 rings (SSSR count). The molecular formula is C21H22ClN5. The summed E-state index contributed by atoms with van der Waals surface area (Å²) in [6, 6.07) is 17.9. The van der Waals surface area contributed by atoms with Gasteiger partial charge in [0.2, 0.25) is 5.95 Å². The maximum atomic E-state index is 6.18. The first kappa shape index (κ1) is 17.6. The van der Waals surface area contributed by atoms with Crippen LogP contribution in [-0.2, 0) is 0 Å². The molecule has 0 atom stereocenters. The lowest BCUT2D eigenvalue weighted by Crippen LogP contribution is -2.29. The van der Waals surface area contributed by atoms with Gasteiger partial charge in [0, 0.05) is 30.7 Å². The first-order valence-electron chi connectivity index (χ1n) is 9.24. The predicted octanol–water partition coefficient (Wildman–Crippen LogP) is 5.61. The van der Waals surface area contributed by atoms with E-state index in [4.69, 9.17) is 11.6 Å². The summed E-state index contributed by atoms with van der Waals surface area (Å²) in [5.74, 6) is 1.23. The summed E-state index contributed by atoms with van der Waals surface area (Å²) in [7, 11) is 0. The fraction of sp³-hybridized carbons (Fsp3) is 0.238. The number of piperidine rings is 1. The van der Waals surface area contributed by atoms with E-state index in [1.165, 1.54) is 24.9 Å². The van der Waals surface area contributed by atoms with Crippen LogP contribution in [0.2, 0.25) is 5.02 Å². The van der Waals surface area contributed by atoms with Crippen LogP contribution in [0.3, 0.4) is 0 Å². The molecule has 138 valence electrons. The molecule has 6 heteroatoms. The average Bonchev–Trinajstić information content (AvgIpc) is 2.71. The quantitative estimate of drug-likeness (QED) is 0.603. The maximum absolute atomic E-state index is 6.18. The van der Waals surface area contributed by atoms with Crippen LogP contribution in [0, 0.1) is 0 Å². The lowest BCUT2D eigenvalue weighted by molar-refractivity contribution is 0.578. The number of para-hydroxylation sites is 1. The van der Waals surface area contributed by atoms with Crippen LogP contribution in [0.4, 0.5) is 28.8 Å². The van der Waals surface area contributed by atoms with E-state index in [0.29, 0.717) is 11.0 Å². The van der Waals surface area contributed by atoms with E-state index in [9.17, 15) is 0 Å². The van der Waals surface area contributed by atoms with Gasteiger partial charge in [0.1, 0.15) is 5.82 Å². The fourth-order valence-electron chi connectivity index (χ4n) is 3.23. The molecule has 0 radical (unpaired) electrons. The molecular weight excluding hydrogens is 358 g/mol.